The largest absolute Gasteiger partial charge is 0.354 e. The van der Waals surface area contributed by atoms with Gasteiger partial charge >= 0.3 is 0 Å². The van der Waals surface area contributed by atoms with Gasteiger partial charge in [0, 0.05) is 17.9 Å². The molecule has 0 unspecified atom stereocenters. The number of carbonyl (C=O) groups excluding carboxylic acids is 1. The zero-order valence-electron chi connectivity index (χ0n) is 15.1. The van der Waals surface area contributed by atoms with E-state index in [0.29, 0.717) is 17.6 Å². The van der Waals surface area contributed by atoms with E-state index in [1.165, 1.54) is 0 Å². The molecule has 5 heteroatoms. The topological polar surface area (TPSA) is 66.9 Å². The number of amides is 1. The van der Waals surface area contributed by atoms with Crippen molar-refractivity contribution in [2.75, 3.05) is 17.2 Å². The molecule has 2 N–H and O–H groups in total. The third-order valence-corrected chi connectivity index (χ3v) is 3.73. The van der Waals surface area contributed by atoms with Crippen LogP contribution in [0, 0.1) is 19.8 Å². The molecular weight excluding hydrogens is 300 g/mol. The van der Waals surface area contributed by atoms with Crippen molar-refractivity contribution in [3.63, 3.8) is 0 Å². The Morgan fingerprint density at radius 2 is 1.96 bits per heavy atom. The number of rotatable bonds is 6. The SMILES string of the molecule is CCc1cccc(C)c1NC(=O)c1cc(C)nc(NCC(C)C)n1. The van der Waals surface area contributed by atoms with E-state index in [9.17, 15) is 4.79 Å². The molecule has 0 saturated heterocycles. The molecule has 0 bridgehead atoms. The van der Waals surface area contributed by atoms with E-state index in [1.54, 1.807) is 6.07 Å². The van der Waals surface area contributed by atoms with Gasteiger partial charge in [-0.2, -0.15) is 0 Å². The van der Waals surface area contributed by atoms with Crippen molar-refractivity contribution in [3.05, 3.63) is 46.8 Å². The van der Waals surface area contributed by atoms with Crippen LogP contribution >= 0.6 is 0 Å². The summed E-state index contributed by atoms with van der Waals surface area (Å²) in [5, 5.41) is 6.18. The summed E-state index contributed by atoms with van der Waals surface area (Å²) in [4.78, 5) is 21.3. The Morgan fingerprint density at radius 1 is 1.21 bits per heavy atom. The van der Waals surface area contributed by atoms with Gasteiger partial charge in [0.1, 0.15) is 5.69 Å². The Hall–Kier alpha value is -2.43. The first-order valence-corrected chi connectivity index (χ1v) is 8.40. The maximum Gasteiger partial charge on any atom is 0.274 e. The van der Waals surface area contributed by atoms with Crippen molar-refractivity contribution < 1.29 is 4.79 Å². The van der Waals surface area contributed by atoms with E-state index in [4.69, 9.17) is 0 Å². The Labute approximate surface area is 143 Å². The van der Waals surface area contributed by atoms with E-state index in [0.717, 1.165) is 35.5 Å². The molecule has 24 heavy (non-hydrogen) atoms. The summed E-state index contributed by atoms with van der Waals surface area (Å²) in [6, 6.07) is 7.74. The van der Waals surface area contributed by atoms with Gasteiger partial charge in [0.25, 0.3) is 5.91 Å². The van der Waals surface area contributed by atoms with Crippen LogP contribution in [-0.2, 0) is 6.42 Å². The number of benzene rings is 1. The Balaban J connectivity index is 2.24. The van der Waals surface area contributed by atoms with Gasteiger partial charge in [0.05, 0.1) is 0 Å². The van der Waals surface area contributed by atoms with E-state index in [2.05, 4.69) is 41.4 Å². The third-order valence-electron chi connectivity index (χ3n) is 3.73. The molecule has 0 radical (unpaired) electrons. The molecule has 0 saturated carbocycles. The molecule has 0 aliphatic carbocycles. The maximum atomic E-state index is 12.6. The number of para-hydroxylation sites is 1. The highest BCUT2D eigenvalue weighted by molar-refractivity contribution is 6.04. The lowest BCUT2D eigenvalue weighted by Crippen LogP contribution is -2.18. The predicted molar refractivity (Wildman–Crippen MR) is 98.6 cm³/mol. The van der Waals surface area contributed by atoms with Crippen LogP contribution in [-0.4, -0.2) is 22.4 Å². The first kappa shape index (κ1) is 17.9. The fourth-order valence-electron chi connectivity index (χ4n) is 2.44. The quantitative estimate of drug-likeness (QED) is 0.843. The van der Waals surface area contributed by atoms with E-state index >= 15 is 0 Å². The second-order valence-electron chi connectivity index (χ2n) is 6.41. The highest BCUT2D eigenvalue weighted by Crippen LogP contribution is 2.22. The van der Waals surface area contributed by atoms with Gasteiger partial charge in [-0.1, -0.05) is 39.0 Å². The summed E-state index contributed by atoms with van der Waals surface area (Å²) in [5.41, 5.74) is 4.18. The number of carbonyl (C=O) groups is 1. The smallest absolute Gasteiger partial charge is 0.274 e. The van der Waals surface area contributed by atoms with Crippen LogP contribution in [0.3, 0.4) is 0 Å². The molecule has 128 valence electrons. The van der Waals surface area contributed by atoms with Crippen LogP contribution < -0.4 is 10.6 Å². The van der Waals surface area contributed by atoms with Crippen LogP contribution in [0.5, 0.6) is 0 Å². The first-order chi connectivity index (χ1) is 11.4. The fourth-order valence-corrected chi connectivity index (χ4v) is 2.44. The van der Waals surface area contributed by atoms with Crippen LogP contribution in [0.1, 0.15) is 48.1 Å². The number of nitrogens with zero attached hydrogens (tertiary/aromatic N) is 2. The minimum Gasteiger partial charge on any atom is -0.354 e. The average Bonchev–Trinajstić information content (AvgIpc) is 2.54. The van der Waals surface area contributed by atoms with Crippen LogP contribution in [0.15, 0.2) is 24.3 Å². The van der Waals surface area contributed by atoms with Gasteiger partial charge in [-0.15, -0.1) is 0 Å². The van der Waals surface area contributed by atoms with Crippen LogP contribution in [0.2, 0.25) is 0 Å². The number of nitrogens with one attached hydrogen (secondary N) is 2. The van der Waals surface area contributed by atoms with Gasteiger partial charge < -0.3 is 10.6 Å². The van der Waals surface area contributed by atoms with Crippen molar-refractivity contribution in [3.8, 4) is 0 Å². The van der Waals surface area contributed by atoms with Crippen molar-refractivity contribution in [2.24, 2.45) is 5.92 Å². The van der Waals surface area contributed by atoms with Crippen molar-refractivity contribution in [2.45, 2.75) is 41.0 Å². The minimum atomic E-state index is -0.211. The number of aromatic nitrogens is 2. The molecule has 0 spiro atoms. The Bertz CT molecular complexity index is 725. The minimum absolute atomic E-state index is 0.211. The molecule has 1 heterocycles. The summed E-state index contributed by atoms with van der Waals surface area (Å²) in [6.07, 6.45) is 0.862. The number of hydrogen-bond donors (Lipinski definition) is 2. The molecule has 1 aromatic heterocycles. The highest BCUT2D eigenvalue weighted by atomic mass is 16.1. The fraction of sp³-hybridized carbons (Fsp3) is 0.421. The highest BCUT2D eigenvalue weighted by Gasteiger charge is 2.14. The van der Waals surface area contributed by atoms with Crippen LogP contribution in [0.4, 0.5) is 11.6 Å². The second kappa shape index (κ2) is 7.90. The van der Waals surface area contributed by atoms with Gasteiger partial charge in [-0.3, -0.25) is 4.79 Å². The standard InChI is InChI=1S/C19H26N4O/c1-6-15-9-7-8-13(4)17(15)23-18(24)16-10-14(5)21-19(22-16)20-11-12(2)3/h7-10,12H,6,11H2,1-5H3,(H,23,24)(H,20,21,22). The normalized spacial score (nSPS) is 10.8. The monoisotopic (exact) mass is 326 g/mol. The summed E-state index contributed by atoms with van der Waals surface area (Å²) < 4.78 is 0. The molecule has 1 amide bonds. The number of hydrogen-bond acceptors (Lipinski definition) is 4. The zero-order chi connectivity index (χ0) is 17.7. The van der Waals surface area contributed by atoms with E-state index in [1.807, 2.05) is 32.0 Å². The molecule has 5 nitrogen and oxygen atoms in total. The molecule has 0 aliphatic rings. The van der Waals surface area contributed by atoms with Gasteiger partial charge in [0.2, 0.25) is 5.95 Å². The molecule has 0 fully saturated rings. The summed E-state index contributed by atoms with van der Waals surface area (Å²) in [7, 11) is 0. The molecular formula is C19H26N4O. The molecule has 2 aromatic rings. The number of anilines is 2. The van der Waals surface area contributed by atoms with E-state index in [-0.39, 0.29) is 5.91 Å². The summed E-state index contributed by atoms with van der Waals surface area (Å²) in [5.74, 6) is 0.761. The van der Waals surface area contributed by atoms with Gasteiger partial charge in [-0.25, -0.2) is 9.97 Å². The van der Waals surface area contributed by atoms with Crippen molar-refractivity contribution in [1.29, 1.82) is 0 Å². The second-order valence-corrected chi connectivity index (χ2v) is 6.41. The maximum absolute atomic E-state index is 12.6. The summed E-state index contributed by atoms with van der Waals surface area (Å²) in [6.45, 7) is 10.9. The molecule has 2 rings (SSSR count). The van der Waals surface area contributed by atoms with Crippen LogP contribution in [0.25, 0.3) is 0 Å². The third kappa shape index (κ3) is 4.54. The average molecular weight is 326 g/mol. The van der Waals surface area contributed by atoms with Crippen molar-refractivity contribution >= 4 is 17.5 Å². The lowest BCUT2D eigenvalue weighted by molar-refractivity contribution is 0.102. The predicted octanol–water partition coefficient (Wildman–Crippen LogP) is 3.98. The first-order valence-electron chi connectivity index (χ1n) is 8.40. The Kier molecular flexibility index (Phi) is 5.90. The lowest BCUT2D eigenvalue weighted by atomic mass is 10.1. The lowest BCUT2D eigenvalue weighted by Gasteiger charge is -2.14. The van der Waals surface area contributed by atoms with Crippen molar-refractivity contribution in [1.82, 2.24) is 9.97 Å². The zero-order valence-corrected chi connectivity index (χ0v) is 15.1. The Morgan fingerprint density at radius 3 is 2.62 bits per heavy atom. The number of aryl methyl sites for hydroxylation is 3. The van der Waals surface area contributed by atoms with Gasteiger partial charge in [-0.05, 0) is 43.4 Å². The molecule has 1 aromatic carbocycles. The molecule has 0 aliphatic heterocycles. The molecule has 0 atom stereocenters. The van der Waals surface area contributed by atoms with E-state index < -0.39 is 0 Å². The van der Waals surface area contributed by atoms with Gasteiger partial charge in [0.15, 0.2) is 0 Å². The summed E-state index contributed by atoms with van der Waals surface area (Å²) >= 11 is 0.